The highest BCUT2D eigenvalue weighted by atomic mass is 16.3. The summed E-state index contributed by atoms with van der Waals surface area (Å²) in [5.41, 5.74) is 0.694. The van der Waals surface area contributed by atoms with E-state index in [0.717, 1.165) is 5.76 Å². The smallest absolute Gasteiger partial charge is 0.166 e. The Morgan fingerprint density at radius 1 is 1.58 bits per heavy atom. The molecule has 1 atom stereocenters. The first kappa shape index (κ1) is 7.55. The largest absolute Gasteiger partial charge is 0.469 e. The molecular formula is C9H10O3. The molecule has 3 heteroatoms. The van der Waals surface area contributed by atoms with Crippen LogP contribution in [-0.4, -0.2) is 17.5 Å². The first-order chi connectivity index (χ1) is 5.81. The van der Waals surface area contributed by atoms with Gasteiger partial charge in [0.2, 0.25) is 0 Å². The van der Waals surface area contributed by atoms with E-state index in [1.54, 1.807) is 6.07 Å². The maximum atomic E-state index is 11.3. The molecule has 0 spiro atoms. The highest BCUT2D eigenvalue weighted by Gasteiger charge is 2.26. The second kappa shape index (κ2) is 2.75. The fourth-order valence-corrected chi connectivity index (χ4v) is 1.58. The summed E-state index contributed by atoms with van der Waals surface area (Å²) in [6.07, 6.45) is 2.66. The summed E-state index contributed by atoms with van der Waals surface area (Å²) in [4.78, 5) is 11.3. The molecular weight excluding hydrogens is 156 g/mol. The zero-order valence-corrected chi connectivity index (χ0v) is 6.62. The van der Waals surface area contributed by atoms with Gasteiger partial charge in [-0.2, -0.15) is 0 Å². The number of Topliss-reactive ketones (excluding diaryl/α,β-unsaturated/α-hetero) is 1. The molecule has 1 aliphatic carbocycles. The third kappa shape index (κ3) is 1.06. The fourth-order valence-electron chi connectivity index (χ4n) is 1.58. The number of fused-ring (bicyclic) bond motifs is 1. The molecule has 1 aromatic rings. The lowest BCUT2D eigenvalue weighted by Gasteiger charge is -2.17. The molecule has 0 amide bonds. The van der Waals surface area contributed by atoms with E-state index in [4.69, 9.17) is 9.52 Å². The van der Waals surface area contributed by atoms with E-state index in [-0.39, 0.29) is 18.3 Å². The first-order valence-electron chi connectivity index (χ1n) is 4.01. The van der Waals surface area contributed by atoms with Gasteiger partial charge < -0.3 is 9.52 Å². The number of ketones is 1. The summed E-state index contributed by atoms with van der Waals surface area (Å²) in [5, 5.41) is 8.88. The van der Waals surface area contributed by atoms with Gasteiger partial charge in [-0.15, -0.1) is 0 Å². The zero-order valence-electron chi connectivity index (χ0n) is 6.62. The van der Waals surface area contributed by atoms with Gasteiger partial charge >= 0.3 is 0 Å². The van der Waals surface area contributed by atoms with Gasteiger partial charge in [-0.25, -0.2) is 0 Å². The number of rotatable bonds is 1. The van der Waals surface area contributed by atoms with Crippen LogP contribution in [0.25, 0.3) is 0 Å². The van der Waals surface area contributed by atoms with Crippen molar-refractivity contribution in [1.29, 1.82) is 0 Å². The van der Waals surface area contributed by atoms with E-state index < -0.39 is 0 Å². The highest BCUT2D eigenvalue weighted by Crippen LogP contribution is 2.25. The van der Waals surface area contributed by atoms with Gasteiger partial charge in [0, 0.05) is 19.4 Å². The molecule has 0 radical (unpaired) electrons. The number of carbonyl (C=O) groups excluding carboxylic acids is 1. The van der Waals surface area contributed by atoms with Crippen LogP contribution in [0.3, 0.4) is 0 Å². The minimum atomic E-state index is 0.0520. The van der Waals surface area contributed by atoms with Crippen LogP contribution in [0.4, 0.5) is 0 Å². The molecule has 0 unspecified atom stereocenters. The molecule has 0 saturated carbocycles. The van der Waals surface area contributed by atoms with E-state index in [0.29, 0.717) is 18.4 Å². The molecule has 1 N–H and O–H groups in total. The molecule has 3 nitrogen and oxygen atoms in total. The Kier molecular flexibility index (Phi) is 1.73. The summed E-state index contributed by atoms with van der Waals surface area (Å²) in [5.74, 6) is 0.866. The van der Waals surface area contributed by atoms with E-state index in [9.17, 15) is 4.79 Å². The molecule has 0 saturated heterocycles. The number of aliphatic hydroxyl groups excluding tert-OH is 1. The molecule has 0 bridgehead atoms. The monoisotopic (exact) mass is 166 g/mol. The maximum Gasteiger partial charge on any atom is 0.166 e. The third-order valence-electron chi connectivity index (χ3n) is 2.25. The van der Waals surface area contributed by atoms with E-state index >= 15 is 0 Å². The van der Waals surface area contributed by atoms with Gasteiger partial charge in [-0.1, -0.05) is 0 Å². The number of furan rings is 1. The average molecular weight is 166 g/mol. The molecule has 12 heavy (non-hydrogen) atoms. The lowest BCUT2D eigenvalue weighted by molar-refractivity contribution is 0.0911. The van der Waals surface area contributed by atoms with Crippen molar-refractivity contribution in [2.75, 3.05) is 6.61 Å². The molecule has 1 heterocycles. The zero-order chi connectivity index (χ0) is 8.55. The van der Waals surface area contributed by atoms with Crippen molar-refractivity contribution in [3.8, 4) is 0 Å². The van der Waals surface area contributed by atoms with E-state index in [1.165, 1.54) is 6.26 Å². The predicted octanol–water partition coefficient (Wildman–Crippen LogP) is 1.02. The Balaban J connectivity index is 2.32. The third-order valence-corrected chi connectivity index (χ3v) is 2.25. The van der Waals surface area contributed by atoms with Crippen LogP contribution in [0, 0.1) is 5.92 Å². The Labute approximate surface area is 70.0 Å². The van der Waals surface area contributed by atoms with Crippen LogP contribution in [0.15, 0.2) is 16.7 Å². The average Bonchev–Trinajstić information content (AvgIpc) is 2.52. The van der Waals surface area contributed by atoms with Crippen LogP contribution in [0.2, 0.25) is 0 Å². The number of aliphatic hydroxyl groups is 1. The Bertz CT molecular complexity index is 300. The lowest BCUT2D eigenvalue weighted by Crippen LogP contribution is -2.21. The predicted molar refractivity (Wildman–Crippen MR) is 41.9 cm³/mol. The quantitative estimate of drug-likeness (QED) is 0.677. The number of carbonyl (C=O) groups is 1. The normalized spacial score (nSPS) is 22.4. The molecule has 1 aromatic heterocycles. The van der Waals surface area contributed by atoms with Gasteiger partial charge in [0.05, 0.1) is 11.8 Å². The van der Waals surface area contributed by atoms with Crippen LogP contribution in [-0.2, 0) is 6.42 Å². The van der Waals surface area contributed by atoms with Crippen molar-refractivity contribution in [2.24, 2.45) is 5.92 Å². The van der Waals surface area contributed by atoms with Crippen molar-refractivity contribution in [3.05, 3.63) is 23.7 Å². The van der Waals surface area contributed by atoms with Crippen molar-refractivity contribution in [1.82, 2.24) is 0 Å². The van der Waals surface area contributed by atoms with Crippen molar-refractivity contribution < 1.29 is 14.3 Å². The molecule has 0 aromatic carbocycles. The van der Waals surface area contributed by atoms with E-state index in [2.05, 4.69) is 0 Å². The molecule has 64 valence electrons. The van der Waals surface area contributed by atoms with Gasteiger partial charge in [0.1, 0.15) is 5.76 Å². The van der Waals surface area contributed by atoms with Crippen LogP contribution >= 0.6 is 0 Å². The van der Waals surface area contributed by atoms with Crippen molar-refractivity contribution in [2.45, 2.75) is 12.8 Å². The SMILES string of the molecule is O=C1C[C@H](CO)Cc2occc21. The van der Waals surface area contributed by atoms with Gasteiger partial charge in [-0.05, 0) is 12.0 Å². The summed E-state index contributed by atoms with van der Waals surface area (Å²) in [6, 6.07) is 1.70. The van der Waals surface area contributed by atoms with Crippen LogP contribution < -0.4 is 0 Å². The fraction of sp³-hybridized carbons (Fsp3) is 0.444. The first-order valence-corrected chi connectivity index (χ1v) is 4.01. The standard InChI is InChI=1S/C9H10O3/c10-5-6-3-8(11)7-1-2-12-9(7)4-6/h1-2,6,10H,3-5H2/t6-/m0/s1. The second-order valence-electron chi connectivity index (χ2n) is 3.14. The van der Waals surface area contributed by atoms with Crippen molar-refractivity contribution in [3.63, 3.8) is 0 Å². The molecule has 1 aliphatic rings. The minimum absolute atomic E-state index is 0.0520. The lowest BCUT2D eigenvalue weighted by atomic mass is 9.88. The summed E-state index contributed by atoms with van der Waals surface area (Å²) in [6.45, 7) is 0.0614. The molecule has 0 fully saturated rings. The second-order valence-corrected chi connectivity index (χ2v) is 3.14. The summed E-state index contributed by atoms with van der Waals surface area (Å²) < 4.78 is 5.13. The van der Waals surface area contributed by atoms with Gasteiger partial charge in [-0.3, -0.25) is 4.79 Å². The Morgan fingerprint density at radius 3 is 3.17 bits per heavy atom. The maximum absolute atomic E-state index is 11.3. The van der Waals surface area contributed by atoms with Crippen LogP contribution in [0.5, 0.6) is 0 Å². The van der Waals surface area contributed by atoms with Crippen LogP contribution in [0.1, 0.15) is 22.5 Å². The Hall–Kier alpha value is -1.09. The molecule has 2 rings (SSSR count). The number of hydrogen-bond donors (Lipinski definition) is 1. The van der Waals surface area contributed by atoms with E-state index in [1.807, 2.05) is 0 Å². The highest BCUT2D eigenvalue weighted by molar-refractivity contribution is 5.98. The molecule has 0 aliphatic heterocycles. The van der Waals surface area contributed by atoms with Gasteiger partial charge in [0.15, 0.2) is 5.78 Å². The van der Waals surface area contributed by atoms with Crippen molar-refractivity contribution >= 4 is 5.78 Å². The summed E-state index contributed by atoms with van der Waals surface area (Å²) in [7, 11) is 0. The summed E-state index contributed by atoms with van der Waals surface area (Å²) >= 11 is 0. The number of hydrogen-bond acceptors (Lipinski definition) is 3. The minimum Gasteiger partial charge on any atom is -0.469 e. The Morgan fingerprint density at radius 2 is 2.42 bits per heavy atom. The van der Waals surface area contributed by atoms with Gasteiger partial charge in [0.25, 0.3) is 0 Å². The topological polar surface area (TPSA) is 50.4 Å².